The van der Waals surface area contributed by atoms with E-state index in [4.69, 9.17) is 9.47 Å². The Hall–Kier alpha value is -3.36. The van der Waals surface area contributed by atoms with Crippen molar-refractivity contribution in [3.05, 3.63) is 84.4 Å². The third-order valence-electron chi connectivity index (χ3n) is 5.12. The molecular formula is C25H28N2O5S. The second-order valence-electron chi connectivity index (χ2n) is 7.31. The van der Waals surface area contributed by atoms with Crippen LogP contribution in [-0.4, -0.2) is 45.9 Å². The lowest BCUT2D eigenvalue weighted by Gasteiger charge is -2.25. The quantitative estimate of drug-likeness (QED) is 0.450. The average Bonchev–Trinajstić information content (AvgIpc) is 2.84. The van der Waals surface area contributed by atoms with Crippen LogP contribution in [0, 0.1) is 0 Å². The number of likely N-dealkylation sites (N-methyl/N-ethyl adjacent to an activating group) is 1. The normalized spacial score (nSPS) is 11.3. The van der Waals surface area contributed by atoms with Crippen LogP contribution in [0.1, 0.15) is 12.5 Å². The van der Waals surface area contributed by atoms with Gasteiger partial charge in [0.1, 0.15) is 11.5 Å². The van der Waals surface area contributed by atoms with Gasteiger partial charge in [-0.15, -0.1) is 0 Å². The van der Waals surface area contributed by atoms with E-state index in [1.165, 1.54) is 21.3 Å². The van der Waals surface area contributed by atoms with Gasteiger partial charge in [0, 0.05) is 19.3 Å². The summed E-state index contributed by atoms with van der Waals surface area (Å²) in [7, 11) is -0.756. The average molecular weight is 469 g/mol. The maximum atomic E-state index is 13.5. The summed E-state index contributed by atoms with van der Waals surface area (Å²) in [5, 5.41) is 0. The molecule has 0 radical (unpaired) electrons. The number of rotatable bonds is 10. The number of sulfonamides is 1. The summed E-state index contributed by atoms with van der Waals surface area (Å²) in [4.78, 5) is 14.6. The predicted octanol–water partition coefficient (Wildman–Crippen LogP) is 3.95. The number of hydrogen-bond acceptors (Lipinski definition) is 5. The molecule has 0 bridgehead atoms. The van der Waals surface area contributed by atoms with E-state index in [1.807, 2.05) is 37.3 Å². The Morgan fingerprint density at radius 3 is 2.06 bits per heavy atom. The van der Waals surface area contributed by atoms with E-state index >= 15 is 0 Å². The molecule has 3 aromatic rings. The molecular weight excluding hydrogens is 440 g/mol. The number of amides is 1. The van der Waals surface area contributed by atoms with Gasteiger partial charge in [-0.3, -0.25) is 4.79 Å². The molecule has 0 spiro atoms. The first kappa shape index (κ1) is 24.3. The van der Waals surface area contributed by atoms with E-state index < -0.39 is 10.0 Å². The Morgan fingerprint density at radius 2 is 1.48 bits per heavy atom. The summed E-state index contributed by atoms with van der Waals surface area (Å²) in [6.45, 7) is 2.10. The molecule has 174 valence electrons. The first-order valence-electron chi connectivity index (χ1n) is 10.5. The highest BCUT2D eigenvalue weighted by molar-refractivity contribution is 7.89. The lowest BCUT2D eigenvalue weighted by Crippen LogP contribution is -2.41. The number of benzene rings is 3. The molecule has 3 rings (SSSR count). The number of anilines is 1. The number of carbonyl (C=O) groups excluding carboxylic acids is 1. The molecule has 0 aliphatic carbocycles. The van der Waals surface area contributed by atoms with Gasteiger partial charge in [0.25, 0.3) is 0 Å². The monoisotopic (exact) mass is 468 g/mol. The van der Waals surface area contributed by atoms with Crippen molar-refractivity contribution < 1.29 is 22.7 Å². The minimum absolute atomic E-state index is 0.0680. The number of methoxy groups -OCH3 is 1. The maximum absolute atomic E-state index is 13.5. The number of hydrogen-bond donors (Lipinski definition) is 0. The van der Waals surface area contributed by atoms with Gasteiger partial charge in [-0.2, -0.15) is 4.31 Å². The van der Waals surface area contributed by atoms with Gasteiger partial charge in [0.15, 0.2) is 0 Å². The third kappa shape index (κ3) is 6.12. The summed E-state index contributed by atoms with van der Waals surface area (Å²) >= 11 is 0. The Morgan fingerprint density at radius 1 is 0.879 bits per heavy atom. The second kappa shape index (κ2) is 11.0. The molecule has 0 aliphatic rings. The van der Waals surface area contributed by atoms with Crippen molar-refractivity contribution in [1.82, 2.24) is 4.31 Å². The highest BCUT2D eigenvalue weighted by atomic mass is 32.2. The number of nitrogens with zero attached hydrogens (tertiary/aromatic N) is 2. The Balaban J connectivity index is 1.87. The van der Waals surface area contributed by atoms with Crippen LogP contribution in [0.3, 0.4) is 0 Å². The summed E-state index contributed by atoms with van der Waals surface area (Å²) in [6.07, 6.45) is 0. The number of ether oxygens (including phenoxy) is 2. The maximum Gasteiger partial charge on any atom is 0.243 e. The van der Waals surface area contributed by atoms with Crippen LogP contribution in [0.5, 0.6) is 11.5 Å². The van der Waals surface area contributed by atoms with Gasteiger partial charge in [0.2, 0.25) is 15.9 Å². The van der Waals surface area contributed by atoms with Crippen molar-refractivity contribution in [2.75, 3.05) is 32.2 Å². The van der Waals surface area contributed by atoms with Crippen LogP contribution in [-0.2, 0) is 21.4 Å². The van der Waals surface area contributed by atoms with Crippen molar-refractivity contribution in [1.29, 1.82) is 0 Å². The fourth-order valence-corrected chi connectivity index (χ4v) is 4.62. The first-order valence-corrected chi connectivity index (χ1v) is 12.0. The van der Waals surface area contributed by atoms with Crippen LogP contribution in [0.4, 0.5) is 5.69 Å². The van der Waals surface area contributed by atoms with Gasteiger partial charge >= 0.3 is 0 Å². The van der Waals surface area contributed by atoms with E-state index in [-0.39, 0.29) is 23.9 Å². The molecule has 1 amide bonds. The van der Waals surface area contributed by atoms with Gasteiger partial charge in [-0.1, -0.05) is 30.3 Å². The molecule has 3 aromatic carbocycles. The zero-order chi connectivity index (χ0) is 23.8. The molecule has 0 fully saturated rings. The van der Waals surface area contributed by atoms with Crippen molar-refractivity contribution in [3.8, 4) is 11.5 Å². The summed E-state index contributed by atoms with van der Waals surface area (Å²) in [6, 6.07) is 22.4. The zero-order valence-corrected chi connectivity index (χ0v) is 19.8. The Kier molecular flexibility index (Phi) is 8.08. The van der Waals surface area contributed by atoms with Crippen LogP contribution in [0.15, 0.2) is 83.8 Å². The zero-order valence-electron chi connectivity index (χ0n) is 19.0. The molecule has 0 heterocycles. The highest BCUT2D eigenvalue weighted by Gasteiger charge is 2.28. The lowest BCUT2D eigenvalue weighted by molar-refractivity contribution is -0.118. The van der Waals surface area contributed by atoms with Crippen molar-refractivity contribution >= 4 is 21.6 Å². The predicted molar refractivity (Wildman–Crippen MR) is 128 cm³/mol. The van der Waals surface area contributed by atoms with E-state index in [2.05, 4.69) is 0 Å². The van der Waals surface area contributed by atoms with Crippen LogP contribution < -0.4 is 14.4 Å². The van der Waals surface area contributed by atoms with E-state index in [1.54, 1.807) is 50.6 Å². The minimum Gasteiger partial charge on any atom is -0.497 e. The largest absolute Gasteiger partial charge is 0.497 e. The van der Waals surface area contributed by atoms with E-state index in [0.29, 0.717) is 23.8 Å². The standard InChI is InChI=1S/C25H28N2O5S/c1-4-32-23-14-16-24(17-15-23)33(29,30)27(18-20-8-6-5-7-9-20)19-25(28)26(2)21-10-12-22(31-3)13-11-21/h5-17H,4,18-19H2,1-3H3. The number of carbonyl (C=O) groups is 1. The second-order valence-corrected chi connectivity index (χ2v) is 9.25. The summed E-state index contributed by atoms with van der Waals surface area (Å²) in [5.41, 5.74) is 1.42. The Labute approximate surface area is 195 Å². The van der Waals surface area contributed by atoms with Crippen LogP contribution >= 0.6 is 0 Å². The highest BCUT2D eigenvalue weighted by Crippen LogP contribution is 2.23. The Bertz CT molecular complexity index is 1150. The molecule has 33 heavy (non-hydrogen) atoms. The topological polar surface area (TPSA) is 76.2 Å². The molecule has 0 saturated heterocycles. The summed E-state index contributed by atoms with van der Waals surface area (Å²) in [5.74, 6) is 0.898. The van der Waals surface area contributed by atoms with Crippen LogP contribution in [0.25, 0.3) is 0 Å². The van der Waals surface area contributed by atoms with Gasteiger partial charge in [0.05, 0.1) is 25.2 Å². The van der Waals surface area contributed by atoms with Crippen molar-refractivity contribution in [2.45, 2.75) is 18.4 Å². The fourth-order valence-electron chi connectivity index (χ4n) is 3.24. The molecule has 7 nitrogen and oxygen atoms in total. The van der Waals surface area contributed by atoms with Gasteiger partial charge in [-0.05, 0) is 61.0 Å². The molecule has 0 unspecified atom stereocenters. The minimum atomic E-state index is -3.94. The fraction of sp³-hybridized carbons (Fsp3) is 0.240. The van der Waals surface area contributed by atoms with Crippen molar-refractivity contribution in [2.24, 2.45) is 0 Å². The van der Waals surface area contributed by atoms with Gasteiger partial charge < -0.3 is 14.4 Å². The van der Waals surface area contributed by atoms with Crippen LogP contribution in [0.2, 0.25) is 0 Å². The van der Waals surface area contributed by atoms with Gasteiger partial charge in [-0.25, -0.2) is 8.42 Å². The smallest absolute Gasteiger partial charge is 0.243 e. The molecule has 0 atom stereocenters. The molecule has 0 N–H and O–H groups in total. The van der Waals surface area contributed by atoms with Crippen molar-refractivity contribution in [3.63, 3.8) is 0 Å². The third-order valence-corrected chi connectivity index (χ3v) is 6.93. The van der Waals surface area contributed by atoms with E-state index in [9.17, 15) is 13.2 Å². The summed E-state index contributed by atoms with van der Waals surface area (Å²) < 4.78 is 38.7. The van der Waals surface area contributed by atoms with E-state index in [0.717, 1.165) is 5.56 Å². The molecule has 8 heteroatoms. The first-order chi connectivity index (χ1) is 15.8. The SMILES string of the molecule is CCOc1ccc(S(=O)(=O)N(CC(=O)N(C)c2ccc(OC)cc2)Cc2ccccc2)cc1. The molecule has 0 saturated carbocycles. The lowest BCUT2D eigenvalue weighted by atomic mass is 10.2. The molecule has 0 aromatic heterocycles. The molecule has 0 aliphatic heterocycles.